The minimum absolute atomic E-state index is 0.0496. The minimum atomic E-state index is -1.53. The van der Waals surface area contributed by atoms with E-state index in [4.69, 9.17) is 23.2 Å². The van der Waals surface area contributed by atoms with Crippen LogP contribution in [0.25, 0.3) is 0 Å². The van der Waals surface area contributed by atoms with Crippen LogP contribution in [-0.4, -0.2) is 7.11 Å². The number of ether oxygens (including phenoxy) is 1. The highest BCUT2D eigenvalue weighted by Crippen LogP contribution is 2.61. The lowest BCUT2D eigenvalue weighted by molar-refractivity contribution is 0.327. The molecule has 1 saturated carbocycles. The van der Waals surface area contributed by atoms with Crippen LogP contribution >= 0.6 is 23.2 Å². The van der Waals surface area contributed by atoms with E-state index >= 15 is 0 Å². The topological polar surface area (TPSA) is 9.23 Å². The second-order valence-electron chi connectivity index (χ2n) is 5.88. The highest BCUT2D eigenvalue weighted by atomic mass is 35.5. The molecule has 0 aliphatic heterocycles. The number of halogens is 6. The number of methoxy groups -OCH3 is 1. The molecule has 22 heavy (non-hydrogen) atoms. The Morgan fingerprint density at radius 1 is 1.09 bits per heavy atom. The Hall–Kier alpha value is -0.940. The molecule has 0 amide bonds. The summed E-state index contributed by atoms with van der Waals surface area (Å²) >= 11 is 11.2. The fourth-order valence-corrected chi connectivity index (χ4v) is 3.15. The van der Waals surface area contributed by atoms with Crippen molar-refractivity contribution in [3.63, 3.8) is 0 Å². The van der Waals surface area contributed by atoms with Crippen LogP contribution in [0.1, 0.15) is 19.4 Å². The molecule has 7 heteroatoms. The number of benzene rings is 1. The van der Waals surface area contributed by atoms with E-state index in [1.54, 1.807) is 6.08 Å². The van der Waals surface area contributed by atoms with E-state index in [9.17, 15) is 17.6 Å². The van der Waals surface area contributed by atoms with E-state index in [2.05, 4.69) is 4.74 Å². The number of rotatable bonds is 4. The molecular weight excluding hydrogens is 343 g/mol. The molecular formula is C15H14Cl2F4O. The zero-order chi connectivity index (χ0) is 16.8. The first-order valence-corrected chi connectivity index (χ1v) is 7.30. The quantitative estimate of drug-likeness (QED) is 0.519. The molecule has 0 saturated heterocycles. The van der Waals surface area contributed by atoms with Gasteiger partial charge < -0.3 is 4.74 Å². The summed E-state index contributed by atoms with van der Waals surface area (Å²) in [5.74, 6) is -7.33. The van der Waals surface area contributed by atoms with Gasteiger partial charge in [-0.3, -0.25) is 0 Å². The molecule has 1 nitrogen and oxygen atoms in total. The van der Waals surface area contributed by atoms with Gasteiger partial charge in [0.05, 0.1) is 7.11 Å². The number of allylic oxidation sites excluding steroid dienone is 1. The lowest BCUT2D eigenvalue weighted by Crippen LogP contribution is -2.08. The first-order chi connectivity index (χ1) is 10.1. The van der Waals surface area contributed by atoms with Crippen LogP contribution in [0.4, 0.5) is 17.6 Å². The molecule has 1 aliphatic rings. The molecule has 0 N–H and O–H groups in total. The van der Waals surface area contributed by atoms with E-state index in [0.717, 1.165) is 7.11 Å². The van der Waals surface area contributed by atoms with Crippen molar-refractivity contribution in [1.29, 1.82) is 0 Å². The van der Waals surface area contributed by atoms with Crippen LogP contribution in [-0.2, 0) is 6.42 Å². The van der Waals surface area contributed by atoms with Gasteiger partial charge in [0.25, 0.3) is 0 Å². The molecule has 1 fully saturated rings. The molecule has 0 aromatic heterocycles. The van der Waals surface area contributed by atoms with Gasteiger partial charge in [0.1, 0.15) is 4.49 Å². The van der Waals surface area contributed by atoms with Gasteiger partial charge >= 0.3 is 0 Å². The van der Waals surface area contributed by atoms with E-state index < -0.39 is 34.6 Å². The largest absolute Gasteiger partial charge is 0.491 e. The molecule has 0 heterocycles. The Balaban J connectivity index is 2.38. The second-order valence-corrected chi connectivity index (χ2v) is 6.89. The normalized spacial score (nSPS) is 22.4. The van der Waals surface area contributed by atoms with Gasteiger partial charge in [0.15, 0.2) is 17.4 Å². The monoisotopic (exact) mass is 356 g/mol. The van der Waals surface area contributed by atoms with Gasteiger partial charge in [-0.15, -0.1) is 0 Å². The highest BCUT2D eigenvalue weighted by molar-refractivity contribution is 6.55. The van der Waals surface area contributed by atoms with Crippen molar-refractivity contribution in [2.45, 2.75) is 20.3 Å². The molecule has 0 bridgehead atoms. The Bertz CT molecular complexity index is 610. The van der Waals surface area contributed by atoms with Gasteiger partial charge in [-0.2, -0.15) is 8.78 Å². The number of hydrogen-bond acceptors (Lipinski definition) is 1. The maximum Gasteiger partial charge on any atom is 0.204 e. The average Bonchev–Trinajstić information content (AvgIpc) is 2.93. The average molecular weight is 357 g/mol. The zero-order valence-corrected chi connectivity index (χ0v) is 13.6. The number of hydrogen-bond donors (Lipinski definition) is 0. The first-order valence-electron chi connectivity index (χ1n) is 6.54. The smallest absolute Gasteiger partial charge is 0.204 e. The van der Waals surface area contributed by atoms with Crippen molar-refractivity contribution in [3.05, 3.63) is 39.4 Å². The third-order valence-corrected chi connectivity index (χ3v) is 4.64. The van der Waals surface area contributed by atoms with Crippen molar-refractivity contribution in [1.82, 2.24) is 0 Å². The maximum atomic E-state index is 14.0. The summed E-state index contributed by atoms with van der Waals surface area (Å²) in [6.07, 6.45) is 1.41. The standard InChI is InChI=1S/C15H14Cl2F4O/c1-15(2)7(8(15)5-9(16)17)4-6-10(18)12(20)14(22-3)13(21)11(6)19/h5,7-8H,4H2,1-3H3/t7-,8?/m1/s1. The van der Waals surface area contributed by atoms with E-state index in [1.807, 2.05) is 13.8 Å². The van der Waals surface area contributed by atoms with Crippen molar-refractivity contribution in [3.8, 4) is 5.75 Å². The molecule has 1 aromatic rings. The van der Waals surface area contributed by atoms with Gasteiger partial charge in [-0.25, -0.2) is 8.78 Å². The fraction of sp³-hybridized carbons (Fsp3) is 0.467. The van der Waals surface area contributed by atoms with Gasteiger partial charge in [0, 0.05) is 5.56 Å². The van der Waals surface area contributed by atoms with Gasteiger partial charge in [-0.1, -0.05) is 43.1 Å². The molecule has 1 aromatic carbocycles. The fourth-order valence-electron chi connectivity index (χ4n) is 2.88. The SMILES string of the molecule is COc1c(F)c(F)c(C[C@@H]2C(C=C(Cl)Cl)C2(C)C)c(F)c1F. The zero-order valence-electron chi connectivity index (χ0n) is 12.1. The Morgan fingerprint density at radius 2 is 1.59 bits per heavy atom. The van der Waals surface area contributed by atoms with Crippen LogP contribution in [0.15, 0.2) is 10.6 Å². The van der Waals surface area contributed by atoms with Crippen molar-refractivity contribution in [2.24, 2.45) is 17.3 Å². The molecule has 2 atom stereocenters. The second kappa shape index (κ2) is 5.93. The van der Waals surface area contributed by atoms with Crippen LogP contribution in [0.3, 0.4) is 0 Å². The lowest BCUT2D eigenvalue weighted by Gasteiger charge is -2.11. The minimum Gasteiger partial charge on any atom is -0.491 e. The molecule has 2 rings (SSSR count). The first kappa shape index (κ1) is 17.4. The summed E-state index contributed by atoms with van der Waals surface area (Å²) in [4.78, 5) is 0. The summed E-state index contributed by atoms with van der Waals surface area (Å²) in [6.45, 7) is 3.73. The summed E-state index contributed by atoms with van der Waals surface area (Å²) in [5.41, 5.74) is -0.948. The Labute approximate surface area is 135 Å². The third-order valence-electron chi connectivity index (χ3n) is 4.39. The molecule has 1 aliphatic carbocycles. The van der Waals surface area contributed by atoms with Crippen LogP contribution in [0.2, 0.25) is 0 Å². The van der Waals surface area contributed by atoms with Crippen molar-refractivity contribution >= 4 is 23.2 Å². The highest BCUT2D eigenvalue weighted by Gasteiger charge is 2.56. The van der Waals surface area contributed by atoms with Crippen LogP contribution in [0, 0.1) is 40.5 Å². The molecule has 0 radical (unpaired) electrons. The molecule has 1 unspecified atom stereocenters. The lowest BCUT2D eigenvalue weighted by atomic mass is 10.0. The van der Waals surface area contributed by atoms with Gasteiger partial charge in [-0.05, 0) is 23.7 Å². The van der Waals surface area contributed by atoms with E-state index in [1.165, 1.54) is 0 Å². The summed E-state index contributed by atoms with van der Waals surface area (Å²) in [6, 6.07) is 0. The van der Waals surface area contributed by atoms with E-state index in [0.29, 0.717) is 0 Å². The predicted octanol–water partition coefficient (Wildman–Crippen LogP) is 5.39. The van der Waals surface area contributed by atoms with Crippen molar-refractivity contribution in [2.75, 3.05) is 7.11 Å². The Kier molecular flexibility index (Phi) is 4.69. The van der Waals surface area contributed by atoms with Crippen molar-refractivity contribution < 1.29 is 22.3 Å². The summed E-state index contributed by atoms with van der Waals surface area (Å²) in [7, 11) is 0.938. The van der Waals surface area contributed by atoms with E-state index in [-0.39, 0.29) is 28.2 Å². The summed E-state index contributed by atoms with van der Waals surface area (Å²) in [5, 5.41) is 0. The third kappa shape index (κ3) is 2.81. The van der Waals surface area contributed by atoms with Crippen LogP contribution < -0.4 is 4.74 Å². The molecule has 0 spiro atoms. The Morgan fingerprint density at radius 3 is 2.00 bits per heavy atom. The summed E-state index contributed by atoms with van der Waals surface area (Å²) < 4.78 is 59.8. The molecule has 122 valence electrons. The predicted molar refractivity (Wildman–Crippen MR) is 77.1 cm³/mol. The van der Waals surface area contributed by atoms with Gasteiger partial charge in [0.2, 0.25) is 11.6 Å². The van der Waals surface area contributed by atoms with Crippen LogP contribution in [0.5, 0.6) is 5.75 Å². The maximum absolute atomic E-state index is 14.0.